The van der Waals surface area contributed by atoms with Gasteiger partial charge in [-0.25, -0.2) is 0 Å². The van der Waals surface area contributed by atoms with Crippen LogP contribution in [-0.2, 0) is 17.6 Å². The summed E-state index contributed by atoms with van der Waals surface area (Å²) < 4.78 is 0. The summed E-state index contributed by atoms with van der Waals surface area (Å²) >= 11 is 0. The maximum atomic E-state index is 11.4. The fourth-order valence-corrected chi connectivity index (χ4v) is 2.06. The van der Waals surface area contributed by atoms with Crippen LogP contribution in [0, 0.1) is 0 Å². The van der Waals surface area contributed by atoms with Crippen LogP contribution in [-0.4, -0.2) is 16.1 Å². The molecule has 98 valence electrons. The molecule has 0 aliphatic rings. The van der Waals surface area contributed by atoms with Gasteiger partial charge in [0.2, 0.25) is 0 Å². The topological polar surface area (TPSA) is 50.2 Å². The number of aryl methyl sites for hydroxylation is 1. The van der Waals surface area contributed by atoms with E-state index >= 15 is 0 Å². The molecule has 1 aromatic heterocycles. The van der Waals surface area contributed by atoms with Crippen molar-refractivity contribution in [2.75, 3.05) is 0 Å². The Labute approximate surface area is 112 Å². The van der Waals surface area contributed by atoms with E-state index in [9.17, 15) is 9.90 Å². The average Bonchev–Trinajstić information content (AvgIpc) is 2.46. The number of benzene rings is 1. The lowest BCUT2D eigenvalue weighted by atomic mass is 9.93. The lowest BCUT2D eigenvalue weighted by molar-refractivity contribution is -0.138. The standard InChI is InChI=1S/C16H17NO2/c1-2-12-6-8-13(9-7-12)15(16(18)19)11-14-5-3-4-10-17-14/h3-10,15H,2,11H2,1H3,(H,18,19). The predicted molar refractivity (Wildman–Crippen MR) is 74.1 cm³/mol. The minimum atomic E-state index is -0.810. The zero-order valence-electron chi connectivity index (χ0n) is 10.9. The van der Waals surface area contributed by atoms with Crippen molar-refractivity contribution < 1.29 is 9.90 Å². The normalized spacial score (nSPS) is 12.1. The molecule has 0 bridgehead atoms. The van der Waals surface area contributed by atoms with E-state index in [1.54, 1.807) is 6.20 Å². The summed E-state index contributed by atoms with van der Waals surface area (Å²) in [6.07, 6.45) is 3.06. The molecule has 0 amide bonds. The molecule has 0 fully saturated rings. The SMILES string of the molecule is CCc1ccc(C(Cc2ccccn2)C(=O)O)cc1. The van der Waals surface area contributed by atoms with Crippen LogP contribution in [0.5, 0.6) is 0 Å². The zero-order valence-corrected chi connectivity index (χ0v) is 10.9. The minimum Gasteiger partial charge on any atom is -0.481 e. The maximum Gasteiger partial charge on any atom is 0.311 e. The van der Waals surface area contributed by atoms with E-state index in [1.807, 2.05) is 42.5 Å². The maximum absolute atomic E-state index is 11.4. The van der Waals surface area contributed by atoms with Gasteiger partial charge in [0, 0.05) is 18.3 Å². The van der Waals surface area contributed by atoms with Crippen molar-refractivity contribution in [3.63, 3.8) is 0 Å². The number of pyridine rings is 1. The number of rotatable bonds is 5. The molecule has 0 radical (unpaired) electrons. The summed E-state index contributed by atoms with van der Waals surface area (Å²) in [5.74, 6) is -1.35. The number of hydrogen-bond donors (Lipinski definition) is 1. The number of aliphatic carboxylic acids is 1. The van der Waals surface area contributed by atoms with Crippen LogP contribution in [0.25, 0.3) is 0 Å². The number of carboxylic acid groups (broad SMARTS) is 1. The van der Waals surface area contributed by atoms with E-state index in [-0.39, 0.29) is 0 Å². The lowest BCUT2D eigenvalue weighted by Crippen LogP contribution is -2.15. The van der Waals surface area contributed by atoms with Gasteiger partial charge in [0.25, 0.3) is 0 Å². The minimum absolute atomic E-state index is 0.418. The van der Waals surface area contributed by atoms with Gasteiger partial charge < -0.3 is 5.11 Å². The van der Waals surface area contributed by atoms with Gasteiger partial charge >= 0.3 is 5.97 Å². The number of carboxylic acids is 1. The Kier molecular flexibility index (Phi) is 4.29. The van der Waals surface area contributed by atoms with Gasteiger partial charge in [-0.2, -0.15) is 0 Å². The zero-order chi connectivity index (χ0) is 13.7. The summed E-state index contributed by atoms with van der Waals surface area (Å²) in [5.41, 5.74) is 2.84. The predicted octanol–water partition coefficient (Wildman–Crippen LogP) is 3.05. The van der Waals surface area contributed by atoms with Crippen molar-refractivity contribution in [2.24, 2.45) is 0 Å². The van der Waals surface area contributed by atoms with Gasteiger partial charge in [-0.3, -0.25) is 9.78 Å². The molecule has 3 nitrogen and oxygen atoms in total. The summed E-state index contributed by atoms with van der Waals surface area (Å²) in [6.45, 7) is 2.08. The van der Waals surface area contributed by atoms with E-state index < -0.39 is 11.9 Å². The van der Waals surface area contributed by atoms with Gasteiger partial charge in [-0.15, -0.1) is 0 Å². The summed E-state index contributed by atoms with van der Waals surface area (Å²) in [7, 11) is 0. The largest absolute Gasteiger partial charge is 0.481 e. The summed E-state index contributed by atoms with van der Waals surface area (Å²) in [6, 6.07) is 13.3. The highest BCUT2D eigenvalue weighted by Crippen LogP contribution is 2.21. The molecule has 0 aliphatic carbocycles. The second kappa shape index (κ2) is 6.14. The molecule has 0 saturated carbocycles. The summed E-state index contributed by atoms with van der Waals surface area (Å²) in [4.78, 5) is 15.6. The van der Waals surface area contributed by atoms with Gasteiger partial charge in [0.1, 0.15) is 0 Å². The van der Waals surface area contributed by atoms with E-state index in [2.05, 4.69) is 11.9 Å². The highest BCUT2D eigenvalue weighted by molar-refractivity contribution is 5.76. The van der Waals surface area contributed by atoms with E-state index in [4.69, 9.17) is 0 Å². The first-order valence-electron chi connectivity index (χ1n) is 6.42. The molecule has 3 heteroatoms. The second-order valence-electron chi connectivity index (χ2n) is 4.51. The van der Waals surface area contributed by atoms with Gasteiger partial charge in [-0.1, -0.05) is 37.3 Å². The molecule has 0 aliphatic heterocycles. The third-order valence-corrected chi connectivity index (χ3v) is 3.23. The third kappa shape index (κ3) is 3.41. The lowest BCUT2D eigenvalue weighted by Gasteiger charge is -2.12. The molecular weight excluding hydrogens is 238 g/mol. The van der Waals surface area contributed by atoms with Crippen LogP contribution in [0.4, 0.5) is 0 Å². The molecular formula is C16H17NO2. The van der Waals surface area contributed by atoms with Crippen molar-refractivity contribution in [3.05, 3.63) is 65.5 Å². The molecule has 1 N–H and O–H groups in total. The van der Waals surface area contributed by atoms with Crippen molar-refractivity contribution in [1.29, 1.82) is 0 Å². The van der Waals surface area contributed by atoms with E-state index in [1.165, 1.54) is 5.56 Å². The molecule has 19 heavy (non-hydrogen) atoms. The first kappa shape index (κ1) is 13.3. The monoisotopic (exact) mass is 255 g/mol. The highest BCUT2D eigenvalue weighted by atomic mass is 16.4. The fourth-order valence-electron chi connectivity index (χ4n) is 2.06. The van der Waals surface area contributed by atoms with E-state index in [0.29, 0.717) is 6.42 Å². The van der Waals surface area contributed by atoms with Crippen LogP contribution < -0.4 is 0 Å². The number of nitrogens with zero attached hydrogens (tertiary/aromatic N) is 1. The molecule has 1 heterocycles. The summed E-state index contributed by atoms with van der Waals surface area (Å²) in [5, 5.41) is 9.39. The van der Waals surface area contributed by atoms with Crippen LogP contribution in [0.3, 0.4) is 0 Å². The highest BCUT2D eigenvalue weighted by Gasteiger charge is 2.20. The van der Waals surface area contributed by atoms with Crippen molar-refractivity contribution in [3.8, 4) is 0 Å². The number of carbonyl (C=O) groups is 1. The molecule has 1 atom stereocenters. The number of aromatic nitrogens is 1. The molecule has 1 unspecified atom stereocenters. The quantitative estimate of drug-likeness (QED) is 0.893. The first-order chi connectivity index (χ1) is 9.20. The Balaban J connectivity index is 2.22. The Morgan fingerprint density at radius 3 is 2.47 bits per heavy atom. The van der Waals surface area contributed by atoms with Crippen molar-refractivity contribution >= 4 is 5.97 Å². The average molecular weight is 255 g/mol. The molecule has 2 rings (SSSR count). The second-order valence-corrected chi connectivity index (χ2v) is 4.51. The Morgan fingerprint density at radius 2 is 1.95 bits per heavy atom. The van der Waals surface area contributed by atoms with Gasteiger partial charge in [-0.05, 0) is 29.7 Å². The van der Waals surface area contributed by atoms with Crippen LogP contribution in [0.15, 0.2) is 48.7 Å². The number of hydrogen-bond acceptors (Lipinski definition) is 2. The smallest absolute Gasteiger partial charge is 0.311 e. The third-order valence-electron chi connectivity index (χ3n) is 3.23. The first-order valence-corrected chi connectivity index (χ1v) is 6.42. The van der Waals surface area contributed by atoms with Crippen LogP contribution in [0.2, 0.25) is 0 Å². The van der Waals surface area contributed by atoms with Gasteiger partial charge in [0.15, 0.2) is 0 Å². The van der Waals surface area contributed by atoms with Crippen LogP contribution >= 0.6 is 0 Å². The van der Waals surface area contributed by atoms with Crippen LogP contribution in [0.1, 0.15) is 29.7 Å². The van der Waals surface area contributed by atoms with E-state index in [0.717, 1.165) is 17.7 Å². The molecule has 2 aromatic rings. The fraction of sp³-hybridized carbons (Fsp3) is 0.250. The van der Waals surface area contributed by atoms with Gasteiger partial charge in [0.05, 0.1) is 5.92 Å². The molecule has 0 saturated heterocycles. The van der Waals surface area contributed by atoms with Crippen molar-refractivity contribution in [2.45, 2.75) is 25.7 Å². The molecule has 1 aromatic carbocycles. The Hall–Kier alpha value is -2.16. The molecule has 0 spiro atoms. The Bertz CT molecular complexity index is 534. The van der Waals surface area contributed by atoms with Crippen molar-refractivity contribution in [1.82, 2.24) is 4.98 Å². The Morgan fingerprint density at radius 1 is 1.21 bits per heavy atom.